The number of furan rings is 1. The van der Waals surface area contributed by atoms with Crippen LogP contribution in [-0.4, -0.2) is 25.2 Å². The molecule has 0 bridgehead atoms. The van der Waals surface area contributed by atoms with Crippen molar-refractivity contribution in [1.82, 2.24) is 4.98 Å². The molecule has 35 heavy (non-hydrogen) atoms. The highest BCUT2D eigenvalue weighted by atomic mass is 19.1. The summed E-state index contributed by atoms with van der Waals surface area (Å²) >= 11 is 0. The Morgan fingerprint density at radius 2 is 1.89 bits per heavy atom. The van der Waals surface area contributed by atoms with Crippen LogP contribution in [0.15, 0.2) is 53.1 Å². The van der Waals surface area contributed by atoms with Crippen molar-refractivity contribution in [3.8, 4) is 16.9 Å². The molecule has 0 atom stereocenters. The van der Waals surface area contributed by atoms with Gasteiger partial charge in [-0.2, -0.15) is 0 Å². The van der Waals surface area contributed by atoms with Gasteiger partial charge in [-0.05, 0) is 35.9 Å². The second kappa shape index (κ2) is 10.6. The Morgan fingerprint density at radius 3 is 2.63 bits per heavy atom. The number of methoxy groups -OCH3 is 2. The zero-order valence-corrected chi connectivity index (χ0v) is 19.3. The highest BCUT2D eigenvalue weighted by Crippen LogP contribution is 2.35. The number of aromatic nitrogens is 1. The fourth-order valence-electron chi connectivity index (χ4n) is 3.80. The van der Waals surface area contributed by atoms with E-state index in [4.69, 9.17) is 24.4 Å². The van der Waals surface area contributed by atoms with Crippen LogP contribution in [0.3, 0.4) is 0 Å². The zero-order chi connectivity index (χ0) is 24.9. The number of esters is 1. The Bertz CT molecular complexity index is 1370. The second-order valence-electron chi connectivity index (χ2n) is 7.82. The van der Waals surface area contributed by atoms with Crippen LogP contribution in [0.2, 0.25) is 0 Å². The van der Waals surface area contributed by atoms with E-state index in [1.54, 1.807) is 25.3 Å². The van der Waals surface area contributed by atoms with E-state index in [9.17, 15) is 9.18 Å². The first-order valence-corrected chi connectivity index (χ1v) is 10.8. The third-order valence-corrected chi connectivity index (χ3v) is 5.44. The number of carbonyl (C=O) groups excluding carboxylic acids is 1. The van der Waals surface area contributed by atoms with Gasteiger partial charge in [-0.15, -0.1) is 0 Å². The molecule has 0 unspecified atom stereocenters. The topological polar surface area (TPSA) is 96.8 Å². The predicted molar refractivity (Wildman–Crippen MR) is 124 cm³/mol. The van der Waals surface area contributed by atoms with Crippen molar-refractivity contribution in [2.45, 2.75) is 26.2 Å². The van der Waals surface area contributed by atoms with Crippen molar-refractivity contribution < 1.29 is 32.2 Å². The van der Waals surface area contributed by atoms with Crippen LogP contribution in [0.25, 0.3) is 22.1 Å². The van der Waals surface area contributed by atoms with Crippen LogP contribution < -0.4 is 10.5 Å². The quantitative estimate of drug-likeness (QED) is 0.346. The molecule has 2 N–H and O–H groups in total. The summed E-state index contributed by atoms with van der Waals surface area (Å²) in [6, 6.07) is 10.9. The van der Waals surface area contributed by atoms with Crippen LogP contribution in [-0.2, 0) is 40.4 Å². The minimum absolute atomic E-state index is 0.0296. The molecule has 9 heteroatoms. The maximum atomic E-state index is 15.2. The number of benzene rings is 2. The van der Waals surface area contributed by atoms with Gasteiger partial charge >= 0.3 is 5.97 Å². The lowest BCUT2D eigenvalue weighted by molar-refractivity contribution is -0.139. The largest absolute Gasteiger partial charge is 0.488 e. The first kappa shape index (κ1) is 24.3. The molecule has 0 saturated carbocycles. The number of nitrogens with two attached hydrogens (primary N) is 1. The number of fused-ring (bicyclic) bond motifs is 1. The lowest BCUT2D eigenvalue weighted by Crippen LogP contribution is -2.07. The molecule has 0 fully saturated rings. The normalized spacial score (nSPS) is 11.1. The SMILES string of the molecule is COCc1cc2cc(COc3cc(F)ccc3CC(=O)OC)cc(-c3ccnc(CN)c3F)c2o1. The van der Waals surface area contributed by atoms with Crippen molar-refractivity contribution in [3.63, 3.8) is 0 Å². The van der Waals surface area contributed by atoms with Crippen molar-refractivity contribution in [3.05, 3.63) is 82.9 Å². The molecular formula is C26H24F2N2O5. The zero-order valence-electron chi connectivity index (χ0n) is 19.3. The summed E-state index contributed by atoms with van der Waals surface area (Å²) < 4.78 is 50.8. The van der Waals surface area contributed by atoms with Crippen LogP contribution in [0.5, 0.6) is 5.75 Å². The minimum atomic E-state index is -0.537. The number of pyridine rings is 1. The van der Waals surface area contributed by atoms with Gasteiger partial charge < -0.3 is 24.4 Å². The lowest BCUT2D eigenvalue weighted by atomic mass is 10.00. The minimum Gasteiger partial charge on any atom is -0.488 e. The Balaban J connectivity index is 1.75. The van der Waals surface area contributed by atoms with Gasteiger partial charge in [0, 0.05) is 48.0 Å². The van der Waals surface area contributed by atoms with Gasteiger partial charge in [-0.1, -0.05) is 6.07 Å². The fourth-order valence-corrected chi connectivity index (χ4v) is 3.80. The molecule has 7 nitrogen and oxygen atoms in total. The molecule has 0 aliphatic carbocycles. The van der Waals surface area contributed by atoms with Crippen molar-refractivity contribution in [2.75, 3.05) is 14.2 Å². The third kappa shape index (κ3) is 5.31. The number of hydrogen-bond acceptors (Lipinski definition) is 7. The molecule has 2 heterocycles. The molecule has 2 aromatic carbocycles. The molecule has 0 radical (unpaired) electrons. The summed E-state index contributed by atoms with van der Waals surface area (Å²) in [4.78, 5) is 15.7. The molecule has 0 spiro atoms. The van der Waals surface area contributed by atoms with Crippen LogP contribution in [0, 0.1) is 11.6 Å². The van der Waals surface area contributed by atoms with Crippen LogP contribution in [0.4, 0.5) is 8.78 Å². The summed E-state index contributed by atoms with van der Waals surface area (Å²) in [7, 11) is 2.83. The molecule has 182 valence electrons. The van der Waals surface area contributed by atoms with E-state index >= 15 is 4.39 Å². The lowest BCUT2D eigenvalue weighted by Gasteiger charge is -2.13. The number of hydrogen-bond donors (Lipinski definition) is 1. The van der Waals surface area contributed by atoms with E-state index in [2.05, 4.69) is 4.98 Å². The smallest absolute Gasteiger partial charge is 0.310 e. The van der Waals surface area contributed by atoms with E-state index in [1.807, 2.05) is 6.07 Å². The van der Waals surface area contributed by atoms with Gasteiger partial charge in [0.2, 0.25) is 0 Å². The van der Waals surface area contributed by atoms with Gasteiger partial charge in [0.25, 0.3) is 0 Å². The summed E-state index contributed by atoms with van der Waals surface area (Å²) in [6.45, 7) is 0.218. The molecule has 4 aromatic rings. The molecular weight excluding hydrogens is 458 g/mol. The van der Waals surface area contributed by atoms with Gasteiger partial charge in [-0.3, -0.25) is 9.78 Å². The number of ether oxygens (including phenoxy) is 3. The number of rotatable bonds is 9. The average molecular weight is 482 g/mol. The second-order valence-corrected chi connectivity index (χ2v) is 7.82. The maximum Gasteiger partial charge on any atom is 0.310 e. The number of carbonyl (C=O) groups is 1. The van der Waals surface area contributed by atoms with Crippen LogP contribution in [0.1, 0.15) is 22.6 Å². The number of nitrogens with zero attached hydrogens (tertiary/aromatic N) is 1. The third-order valence-electron chi connectivity index (χ3n) is 5.44. The van der Waals surface area contributed by atoms with Crippen molar-refractivity contribution in [2.24, 2.45) is 5.73 Å². The Morgan fingerprint density at radius 1 is 1.06 bits per heavy atom. The maximum absolute atomic E-state index is 15.2. The monoisotopic (exact) mass is 482 g/mol. The Kier molecular flexibility index (Phi) is 7.38. The van der Waals surface area contributed by atoms with Gasteiger partial charge in [-0.25, -0.2) is 8.78 Å². The van der Waals surface area contributed by atoms with E-state index in [0.717, 1.165) is 0 Å². The first-order valence-electron chi connectivity index (χ1n) is 10.8. The summed E-state index contributed by atoms with van der Waals surface area (Å²) in [5.74, 6) is -0.731. The highest BCUT2D eigenvalue weighted by Gasteiger charge is 2.18. The van der Waals surface area contributed by atoms with E-state index < -0.39 is 17.6 Å². The van der Waals surface area contributed by atoms with Crippen molar-refractivity contribution in [1.29, 1.82) is 0 Å². The molecule has 0 saturated heterocycles. The first-order chi connectivity index (χ1) is 16.9. The molecule has 2 aromatic heterocycles. The Labute approximate surface area is 200 Å². The average Bonchev–Trinajstić information content (AvgIpc) is 3.26. The standard InChI is InChI=1S/C26H24F2N2O5/c1-32-14-19-9-17-7-15(13-34-23-11-18(27)4-3-16(23)10-24(31)33-2)8-21(26(17)35-19)20-5-6-30-22(12-29)25(20)28/h3-9,11H,10,12-14,29H2,1-2H3. The van der Waals surface area contributed by atoms with Gasteiger partial charge in [0.05, 0.1) is 19.2 Å². The molecule has 0 aliphatic rings. The van der Waals surface area contributed by atoms with E-state index in [1.165, 1.54) is 31.5 Å². The molecule has 0 aliphatic heterocycles. The predicted octanol–water partition coefficient (Wildman–Crippen LogP) is 4.67. The van der Waals surface area contributed by atoms with Gasteiger partial charge in [0.15, 0.2) is 5.82 Å². The van der Waals surface area contributed by atoms with Crippen LogP contribution >= 0.6 is 0 Å². The van der Waals surface area contributed by atoms with E-state index in [-0.39, 0.29) is 43.2 Å². The number of halogens is 2. The fraction of sp³-hybridized carbons (Fsp3) is 0.231. The van der Waals surface area contributed by atoms with E-state index in [0.29, 0.717) is 33.4 Å². The highest BCUT2D eigenvalue weighted by molar-refractivity contribution is 5.93. The van der Waals surface area contributed by atoms with Gasteiger partial charge in [0.1, 0.15) is 36.1 Å². The summed E-state index contributed by atoms with van der Waals surface area (Å²) in [5, 5.41) is 0.715. The summed E-state index contributed by atoms with van der Waals surface area (Å²) in [6.07, 6.45) is 1.42. The van der Waals surface area contributed by atoms with Crippen molar-refractivity contribution >= 4 is 16.9 Å². The summed E-state index contributed by atoms with van der Waals surface area (Å²) in [5.41, 5.74) is 8.19. The molecule has 0 amide bonds. The Hall–Kier alpha value is -3.82. The molecule has 4 rings (SSSR count).